The molecule has 1 aliphatic carbocycles. The Balaban J connectivity index is 1.51. The van der Waals surface area contributed by atoms with E-state index in [1.165, 1.54) is 25.8 Å². The summed E-state index contributed by atoms with van der Waals surface area (Å²) in [5.41, 5.74) is -0.664. The molecule has 5 heteroatoms. The van der Waals surface area contributed by atoms with Crippen molar-refractivity contribution in [1.29, 1.82) is 0 Å². The standard InChI is InChI=1S/C16H28N2O3/c19-15(20)13-4-6-16(21,7-5-13)12-17-9-10-18-8-2-1-3-14(18)11-17/h13-14,21H,1-12H2,(H,19,20). The van der Waals surface area contributed by atoms with Gasteiger partial charge < -0.3 is 10.2 Å². The molecule has 120 valence electrons. The Kier molecular flexibility index (Phi) is 4.52. The van der Waals surface area contributed by atoms with Gasteiger partial charge in [-0.1, -0.05) is 6.42 Å². The number of rotatable bonds is 3. The third kappa shape index (κ3) is 3.58. The quantitative estimate of drug-likeness (QED) is 0.818. The van der Waals surface area contributed by atoms with Crippen molar-refractivity contribution in [1.82, 2.24) is 9.80 Å². The van der Waals surface area contributed by atoms with Gasteiger partial charge in [-0.3, -0.25) is 14.6 Å². The summed E-state index contributed by atoms with van der Waals surface area (Å²) in [6, 6.07) is 0.673. The number of aliphatic hydroxyl groups is 1. The summed E-state index contributed by atoms with van der Waals surface area (Å²) >= 11 is 0. The van der Waals surface area contributed by atoms with Gasteiger partial charge in [-0.15, -0.1) is 0 Å². The highest BCUT2D eigenvalue weighted by Crippen LogP contribution is 2.33. The highest BCUT2D eigenvalue weighted by molar-refractivity contribution is 5.70. The van der Waals surface area contributed by atoms with Crippen LogP contribution in [-0.2, 0) is 4.79 Å². The number of piperazine rings is 1. The normalized spacial score (nSPS) is 38.9. The fourth-order valence-corrected chi connectivity index (χ4v) is 4.34. The number of aliphatic carboxylic acids is 1. The van der Waals surface area contributed by atoms with Crippen molar-refractivity contribution >= 4 is 5.97 Å². The van der Waals surface area contributed by atoms with Crippen LogP contribution in [0.15, 0.2) is 0 Å². The molecule has 0 aromatic rings. The topological polar surface area (TPSA) is 64.0 Å². The van der Waals surface area contributed by atoms with Gasteiger partial charge in [-0.25, -0.2) is 0 Å². The lowest BCUT2D eigenvalue weighted by Gasteiger charge is -2.47. The van der Waals surface area contributed by atoms with Crippen LogP contribution >= 0.6 is 0 Å². The second-order valence-corrected chi connectivity index (χ2v) is 7.26. The predicted octanol–water partition coefficient (Wildman–Crippen LogP) is 1.16. The Morgan fingerprint density at radius 1 is 1.10 bits per heavy atom. The van der Waals surface area contributed by atoms with E-state index in [-0.39, 0.29) is 5.92 Å². The second-order valence-electron chi connectivity index (χ2n) is 7.26. The zero-order valence-corrected chi connectivity index (χ0v) is 12.8. The zero-order valence-electron chi connectivity index (χ0n) is 12.8. The first-order chi connectivity index (χ1) is 10.1. The zero-order chi connectivity index (χ0) is 14.9. The van der Waals surface area contributed by atoms with Crippen LogP contribution in [0, 0.1) is 5.92 Å². The van der Waals surface area contributed by atoms with Crippen LogP contribution in [0.25, 0.3) is 0 Å². The summed E-state index contributed by atoms with van der Waals surface area (Å²) in [7, 11) is 0. The number of piperidine rings is 1. The monoisotopic (exact) mass is 296 g/mol. The van der Waals surface area contributed by atoms with Gasteiger partial charge in [-0.2, -0.15) is 0 Å². The van der Waals surface area contributed by atoms with Gasteiger partial charge in [0.05, 0.1) is 11.5 Å². The van der Waals surface area contributed by atoms with Gasteiger partial charge in [0.15, 0.2) is 0 Å². The average molecular weight is 296 g/mol. The lowest BCUT2D eigenvalue weighted by Crippen LogP contribution is -2.58. The van der Waals surface area contributed by atoms with Crippen LogP contribution in [0.1, 0.15) is 44.9 Å². The van der Waals surface area contributed by atoms with E-state index in [0.29, 0.717) is 31.7 Å². The maximum Gasteiger partial charge on any atom is 0.306 e. The predicted molar refractivity (Wildman–Crippen MR) is 80.2 cm³/mol. The van der Waals surface area contributed by atoms with Crippen LogP contribution in [0.3, 0.4) is 0 Å². The molecule has 2 aliphatic heterocycles. The summed E-state index contributed by atoms with van der Waals surface area (Å²) in [4.78, 5) is 16.0. The summed E-state index contributed by atoms with van der Waals surface area (Å²) < 4.78 is 0. The highest BCUT2D eigenvalue weighted by atomic mass is 16.4. The van der Waals surface area contributed by atoms with E-state index in [9.17, 15) is 9.90 Å². The molecule has 3 rings (SSSR count). The van der Waals surface area contributed by atoms with Crippen molar-refractivity contribution < 1.29 is 15.0 Å². The lowest BCUT2D eigenvalue weighted by molar-refractivity contribution is -0.145. The van der Waals surface area contributed by atoms with E-state index in [0.717, 1.165) is 26.2 Å². The van der Waals surface area contributed by atoms with Gasteiger partial charge in [0.2, 0.25) is 0 Å². The molecule has 0 bridgehead atoms. The molecule has 1 atom stereocenters. The molecular weight excluding hydrogens is 268 g/mol. The summed E-state index contributed by atoms with van der Waals surface area (Å²) in [6.07, 6.45) is 6.46. The molecule has 0 aromatic heterocycles. The van der Waals surface area contributed by atoms with Crippen LogP contribution in [0.5, 0.6) is 0 Å². The number of nitrogens with zero attached hydrogens (tertiary/aromatic N) is 2. The maximum atomic E-state index is 11.0. The van der Waals surface area contributed by atoms with Gasteiger partial charge in [0.25, 0.3) is 0 Å². The summed E-state index contributed by atoms with van der Waals surface area (Å²) in [6.45, 7) is 5.21. The molecule has 2 heterocycles. The first kappa shape index (κ1) is 15.3. The van der Waals surface area contributed by atoms with E-state index in [1.807, 2.05) is 0 Å². The number of β-amino-alcohol motifs (C(OH)–C–C–N with tert-alkyl or cyclic N) is 1. The fourth-order valence-electron chi connectivity index (χ4n) is 4.34. The molecule has 0 radical (unpaired) electrons. The van der Waals surface area contributed by atoms with E-state index in [4.69, 9.17) is 5.11 Å². The maximum absolute atomic E-state index is 11.0. The van der Waals surface area contributed by atoms with Gasteiger partial charge in [0.1, 0.15) is 0 Å². The molecule has 2 N–H and O–H groups in total. The van der Waals surface area contributed by atoms with Crippen LogP contribution in [0.2, 0.25) is 0 Å². The lowest BCUT2D eigenvalue weighted by atomic mass is 9.78. The van der Waals surface area contributed by atoms with Gasteiger partial charge in [0, 0.05) is 32.2 Å². The Labute approximate surface area is 126 Å². The second kappa shape index (κ2) is 6.23. The number of carbonyl (C=O) groups is 1. The van der Waals surface area contributed by atoms with Crippen molar-refractivity contribution in [2.45, 2.75) is 56.6 Å². The molecule has 3 fully saturated rings. The number of fused-ring (bicyclic) bond motifs is 1. The van der Waals surface area contributed by atoms with Crippen molar-refractivity contribution in [2.75, 3.05) is 32.7 Å². The number of carboxylic acids is 1. The third-order valence-electron chi connectivity index (χ3n) is 5.70. The Morgan fingerprint density at radius 2 is 1.86 bits per heavy atom. The van der Waals surface area contributed by atoms with Crippen LogP contribution < -0.4 is 0 Å². The van der Waals surface area contributed by atoms with E-state index in [2.05, 4.69) is 9.80 Å². The van der Waals surface area contributed by atoms with E-state index in [1.54, 1.807) is 0 Å². The third-order valence-corrected chi connectivity index (χ3v) is 5.70. The Hall–Kier alpha value is -0.650. The molecule has 5 nitrogen and oxygen atoms in total. The van der Waals surface area contributed by atoms with Crippen molar-refractivity contribution in [3.63, 3.8) is 0 Å². The van der Waals surface area contributed by atoms with E-state index >= 15 is 0 Å². The smallest absolute Gasteiger partial charge is 0.306 e. The Morgan fingerprint density at radius 3 is 2.57 bits per heavy atom. The van der Waals surface area contributed by atoms with Crippen molar-refractivity contribution in [3.05, 3.63) is 0 Å². The summed E-state index contributed by atoms with van der Waals surface area (Å²) in [5, 5.41) is 19.8. The molecule has 1 unspecified atom stereocenters. The van der Waals surface area contributed by atoms with Gasteiger partial charge >= 0.3 is 5.97 Å². The molecule has 2 saturated heterocycles. The molecule has 0 aromatic carbocycles. The molecule has 1 saturated carbocycles. The van der Waals surface area contributed by atoms with Crippen molar-refractivity contribution in [3.8, 4) is 0 Å². The van der Waals surface area contributed by atoms with Crippen LogP contribution in [-0.4, -0.2) is 70.3 Å². The largest absolute Gasteiger partial charge is 0.481 e. The van der Waals surface area contributed by atoms with Crippen LogP contribution in [0.4, 0.5) is 0 Å². The SMILES string of the molecule is O=C(O)C1CCC(O)(CN2CCN3CCCCC3C2)CC1. The number of carboxylic acid groups (broad SMARTS) is 1. The fraction of sp³-hybridized carbons (Fsp3) is 0.938. The minimum Gasteiger partial charge on any atom is -0.481 e. The molecule has 21 heavy (non-hydrogen) atoms. The first-order valence-electron chi connectivity index (χ1n) is 8.47. The van der Waals surface area contributed by atoms with E-state index < -0.39 is 11.6 Å². The molecule has 3 aliphatic rings. The number of hydrogen-bond donors (Lipinski definition) is 2. The summed E-state index contributed by atoms with van der Waals surface area (Å²) in [5.74, 6) is -0.951. The van der Waals surface area contributed by atoms with Gasteiger partial charge in [-0.05, 0) is 45.1 Å². The minimum absolute atomic E-state index is 0.250. The minimum atomic E-state index is -0.701. The highest BCUT2D eigenvalue weighted by Gasteiger charge is 2.38. The molecular formula is C16H28N2O3. The molecule has 0 amide bonds. The average Bonchev–Trinajstić information content (AvgIpc) is 2.47. The Bertz CT molecular complexity index is 380. The first-order valence-corrected chi connectivity index (χ1v) is 8.47. The number of hydrogen-bond acceptors (Lipinski definition) is 4. The van der Waals surface area contributed by atoms with Crippen molar-refractivity contribution in [2.24, 2.45) is 5.92 Å². The molecule has 0 spiro atoms.